The molecule has 8 nitrogen and oxygen atoms in total. The zero-order valence-electron chi connectivity index (χ0n) is 17.3. The number of carbonyl (C=O) groups excluding carboxylic acids is 1. The van der Waals surface area contributed by atoms with Crippen LogP contribution in [0.15, 0.2) is 91.4 Å². The smallest absolute Gasteiger partial charge is 0.255 e. The summed E-state index contributed by atoms with van der Waals surface area (Å²) in [6.07, 6.45) is 4.75. The van der Waals surface area contributed by atoms with Crippen molar-refractivity contribution in [3.63, 3.8) is 0 Å². The van der Waals surface area contributed by atoms with Gasteiger partial charge >= 0.3 is 0 Å². The van der Waals surface area contributed by atoms with Crippen LogP contribution in [0.3, 0.4) is 0 Å². The average Bonchev–Trinajstić information content (AvgIpc) is 3.27. The van der Waals surface area contributed by atoms with Crippen LogP contribution in [0.2, 0.25) is 0 Å². The summed E-state index contributed by atoms with van der Waals surface area (Å²) >= 11 is 0. The minimum Gasteiger partial charge on any atom is -0.397 e. The van der Waals surface area contributed by atoms with Gasteiger partial charge in [0.05, 0.1) is 23.3 Å². The number of halogens is 1. The molecule has 3 N–H and O–H groups in total. The van der Waals surface area contributed by atoms with Crippen LogP contribution < -0.4 is 16.0 Å². The number of nitrogens with zero attached hydrogens (tertiary/aromatic N) is 5. The molecule has 5 rings (SSSR count). The molecule has 0 radical (unpaired) electrons. The number of fused-ring (bicyclic) bond motifs is 1. The van der Waals surface area contributed by atoms with Crippen molar-refractivity contribution in [3.8, 4) is 0 Å². The molecule has 0 atom stereocenters. The second-order valence-corrected chi connectivity index (χ2v) is 7.13. The highest BCUT2D eigenvalue weighted by molar-refractivity contribution is 6.06. The van der Waals surface area contributed by atoms with E-state index in [1.165, 1.54) is 10.5 Å². The molecule has 5 aromatic rings. The summed E-state index contributed by atoms with van der Waals surface area (Å²) in [6, 6.07) is 20.2. The lowest BCUT2D eigenvalue weighted by Gasteiger charge is -2.22. The quantitative estimate of drug-likeness (QED) is 0.307. The summed E-state index contributed by atoms with van der Waals surface area (Å²) in [7, 11) is 0. The highest BCUT2D eigenvalue weighted by Gasteiger charge is 2.21. The van der Waals surface area contributed by atoms with Gasteiger partial charge in [0.2, 0.25) is 11.9 Å². The third kappa shape index (κ3) is 3.83. The summed E-state index contributed by atoms with van der Waals surface area (Å²) in [4.78, 5) is 27.3. The highest BCUT2D eigenvalue weighted by atomic mass is 19.1. The Morgan fingerprint density at radius 1 is 0.909 bits per heavy atom. The van der Waals surface area contributed by atoms with Crippen molar-refractivity contribution in [3.05, 3.63) is 103 Å². The van der Waals surface area contributed by atoms with Crippen LogP contribution in [0.5, 0.6) is 0 Å². The van der Waals surface area contributed by atoms with Crippen molar-refractivity contribution in [2.24, 2.45) is 0 Å². The predicted molar refractivity (Wildman–Crippen MR) is 124 cm³/mol. The summed E-state index contributed by atoms with van der Waals surface area (Å²) in [6.45, 7) is 0. The Bertz CT molecular complexity index is 1430. The maximum atomic E-state index is 14.7. The van der Waals surface area contributed by atoms with Crippen LogP contribution in [-0.2, 0) is 0 Å². The van der Waals surface area contributed by atoms with Gasteiger partial charge in [-0.1, -0.05) is 18.2 Å². The van der Waals surface area contributed by atoms with Crippen molar-refractivity contribution in [2.45, 2.75) is 0 Å². The van der Waals surface area contributed by atoms with Crippen LogP contribution in [0.1, 0.15) is 10.4 Å². The number of anilines is 5. The van der Waals surface area contributed by atoms with Gasteiger partial charge in [-0.25, -0.2) is 15.0 Å². The minimum atomic E-state index is -0.475. The number of carbonyl (C=O) groups is 1. The topological polar surface area (TPSA) is 101 Å². The molecule has 1 amide bonds. The van der Waals surface area contributed by atoms with Gasteiger partial charge in [-0.3, -0.25) is 14.1 Å². The fraction of sp³-hybridized carbons (Fsp3) is 0. The molecule has 9 heteroatoms. The zero-order valence-corrected chi connectivity index (χ0v) is 17.3. The Morgan fingerprint density at radius 2 is 1.67 bits per heavy atom. The summed E-state index contributed by atoms with van der Waals surface area (Å²) < 4.78 is 16.0. The van der Waals surface area contributed by atoms with Crippen molar-refractivity contribution in [2.75, 3.05) is 16.0 Å². The molecule has 0 aliphatic heterocycles. The first-order valence-corrected chi connectivity index (χ1v) is 10.1. The maximum absolute atomic E-state index is 14.7. The van der Waals surface area contributed by atoms with E-state index < -0.39 is 5.95 Å². The lowest BCUT2D eigenvalue weighted by Crippen LogP contribution is -2.17. The van der Waals surface area contributed by atoms with Crippen LogP contribution >= 0.6 is 0 Å². The number of aromatic nitrogens is 4. The normalized spacial score (nSPS) is 10.8. The lowest BCUT2D eigenvalue weighted by atomic mass is 10.1. The summed E-state index contributed by atoms with van der Waals surface area (Å²) in [5.41, 5.74) is 8.43. The Kier molecular flexibility index (Phi) is 5.12. The van der Waals surface area contributed by atoms with Crippen molar-refractivity contribution in [1.29, 1.82) is 0 Å². The number of amides is 1. The molecule has 0 fully saturated rings. The molecule has 0 aliphatic rings. The van der Waals surface area contributed by atoms with E-state index in [9.17, 15) is 9.18 Å². The third-order valence-corrected chi connectivity index (χ3v) is 5.04. The van der Waals surface area contributed by atoms with E-state index in [-0.39, 0.29) is 5.91 Å². The SMILES string of the molecule is Nc1ccccc1NC(=O)c1ccc(N(c2ncccn2)c2cnc3cccc(F)n23)cc1. The van der Waals surface area contributed by atoms with Gasteiger partial charge in [0.1, 0.15) is 11.5 Å². The van der Waals surface area contributed by atoms with Crippen LogP contribution in [0.25, 0.3) is 5.65 Å². The first kappa shape index (κ1) is 20.1. The number of pyridine rings is 1. The first-order chi connectivity index (χ1) is 16.1. The minimum absolute atomic E-state index is 0.303. The fourth-order valence-electron chi connectivity index (χ4n) is 3.46. The molecular formula is C24H18FN7O. The van der Waals surface area contributed by atoms with E-state index in [2.05, 4.69) is 20.3 Å². The van der Waals surface area contributed by atoms with Crippen molar-refractivity contribution >= 4 is 40.4 Å². The maximum Gasteiger partial charge on any atom is 0.255 e. The molecule has 0 saturated carbocycles. The number of para-hydroxylation sites is 2. The number of rotatable bonds is 5. The number of imidazole rings is 1. The van der Waals surface area contributed by atoms with E-state index in [0.29, 0.717) is 40.0 Å². The monoisotopic (exact) mass is 439 g/mol. The fourth-order valence-corrected chi connectivity index (χ4v) is 3.46. The van der Waals surface area contributed by atoms with E-state index >= 15 is 0 Å². The largest absolute Gasteiger partial charge is 0.397 e. The van der Waals surface area contributed by atoms with Gasteiger partial charge < -0.3 is 11.1 Å². The summed E-state index contributed by atoms with van der Waals surface area (Å²) in [5.74, 6) is -0.0273. The van der Waals surface area contributed by atoms with Gasteiger partial charge in [0.15, 0.2) is 0 Å². The average molecular weight is 439 g/mol. The molecule has 0 aliphatic carbocycles. The van der Waals surface area contributed by atoms with Gasteiger partial charge in [-0.05, 0) is 54.6 Å². The predicted octanol–water partition coefficient (Wildman–Crippen LogP) is 4.57. The Morgan fingerprint density at radius 3 is 2.42 bits per heavy atom. The molecule has 0 bridgehead atoms. The molecule has 3 aromatic heterocycles. The van der Waals surface area contributed by atoms with Gasteiger partial charge in [0, 0.05) is 18.0 Å². The Hall–Kier alpha value is -4.79. The van der Waals surface area contributed by atoms with Crippen molar-refractivity contribution < 1.29 is 9.18 Å². The van der Waals surface area contributed by atoms with Gasteiger partial charge in [0.25, 0.3) is 5.91 Å². The number of hydrogen-bond donors (Lipinski definition) is 2. The molecule has 3 heterocycles. The second-order valence-electron chi connectivity index (χ2n) is 7.13. The van der Waals surface area contributed by atoms with E-state index in [0.717, 1.165) is 0 Å². The van der Waals surface area contributed by atoms with Crippen LogP contribution in [-0.4, -0.2) is 25.3 Å². The number of benzene rings is 2. The number of nitrogens with one attached hydrogen (secondary N) is 1. The Labute approximate surface area is 188 Å². The highest BCUT2D eigenvalue weighted by Crippen LogP contribution is 2.33. The van der Waals surface area contributed by atoms with Gasteiger partial charge in [-0.2, -0.15) is 4.39 Å². The third-order valence-electron chi connectivity index (χ3n) is 5.04. The lowest BCUT2D eigenvalue weighted by molar-refractivity contribution is 0.102. The second kappa shape index (κ2) is 8.39. The molecule has 0 saturated heterocycles. The summed E-state index contributed by atoms with van der Waals surface area (Å²) in [5, 5.41) is 2.80. The standard InChI is InChI=1S/C24H18FN7O/c25-20-7-3-8-21-29-15-22(32(20)21)31(24-27-13-4-14-28-24)17-11-9-16(10-12-17)23(33)30-19-6-2-1-5-18(19)26/h1-15H,26H2,(H,30,33). The number of nitrogen functional groups attached to an aromatic ring is 1. The molecule has 33 heavy (non-hydrogen) atoms. The molecule has 2 aromatic carbocycles. The van der Waals surface area contributed by atoms with E-state index in [1.807, 2.05) is 0 Å². The Balaban J connectivity index is 1.53. The number of nitrogens with two attached hydrogens (primary N) is 1. The number of hydrogen-bond acceptors (Lipinski definition) is 6. The first-order valence-electron chi connectivity index (χ1n) is 10.1. The van der Waals surface area contributed by atoms with E-state index in [1.54, 1.807) is 90.2 Å². The molecule has 162 valence electrons. The van der Waals surface area contributed by atoms with Crippen molar-refractivity contribution in [1.82, 2.24) is 19.4 Å². The van der Waals surface area contributed by atoms with Crippen LogP contribution in [0, 0.1) is 5.95 Å². The van der Waals surface area contributed by atoms with Gasteiger partial charge in [-0.15, -0.1) is 0 Å². The molecular weight excluding hydrogens is 421 g/mol. The molecule has 0 spiro atoms. The van der Waals surface area contributed by atoms with E-state index in [4.69, 9.17) is 5.73 Å². The van der Waals surface area contributed by atoms with Crippen LogP contribution in [0.4, 0.5) is 33.2 Å². The molecule has 0 unspecified atom stereocenters. The zero-order chi connectivity index (χ0) is 22.8.